The Hall–Kier alpha value is -2.50. The Morgan fingerprint density at radius 2 is 1.89 bits per heavy atom. The predicted octanol–water partition coefficient (Wildman–Crippen LogP) is -0.0392. The van der Waals surface area contributed by atoms with Crippen molar-refractivity contribution in [3.63, 3.8) is 0 Å². The van der Waals surface area contributed by atoms with Gasteiger partial charge in [0.05, 0.1) is 25.7 Å². The Labute approximate surface area is 201 Å². The number of Topliss-reactive ketones (excluding diaryl/α,β-unsaturated/α-hetero) is 1. The number of hydrogen-bond donors (Lipinski definition) is 3. The minimum Gasteiger partial charge on any atom is -0.504 e. The molecule has 3 aliphatic carbocycles. The molecule has 5 rings (SSSR count). The number of carbonyl (C=O) groups is 4. The number of esters is 3. The second-order valence-electron chi connectivity index (χ2n) is 10.7. The zero-order chi connectivity index (χ0) is 25.7. The molecule has 2 saturated heterocycles. The highest BCUT2D eigenvalue weighted by atomic mass is 16.6. The van der Waals surface area contributed by atoms with E-state index in [9.17, 15) is 34.5 Å². The van der Waals surface area contributed by atoms with Gasteiger partial charge in [-0.05, 0) is 30.3 Å². The molecule has 2 aliphatic heterocycles. The fraction of sp³-hybridized carbons (Fsp3) is 0.750. The summed E-state index contributed by atoms with van der Waals surface area (Å²) in [5.41, 5.74) is -4.02. The van der Waals surface area contributed by atoms with E-state index in [2.05, 4.69) is 0 Å². The Bertz CT molecular complexity index is 1050. The first kappa shape index (κ1) is 24.2. The number of hydrogen-bond acceptors (Lipinski definition) is 11. The molecule has 0 radical (unpaired) electrons. The van der Waals surface area contributed by atoms with Crippen molar-refractivity contribution in [1.29, 1.82) is 0 Å². The molecule has 5 aliphatic rings. The number of fused-ring (bicyclic) bond motifs is 2. The fourth-order valence-electron chi connectivity index (χ4n) is 8.08. The first-order chi connectivity index (χ1) is 16.4. The van der Waals surface area contributed by atoms with Gasteiger partial charge in [0.2, 0.25) is 11.7 Å². The van der Waals surface area contributed by atoms with Crippen LogP contribution in [0.2, 0.25) is 0 Å². The maximum Gasteiger partial charge on any atom is 0.348 e. The monoisotopic (exact) mass is 494 g/mol. The topological polar surface area (TPSA) is 166 Å². The SMILES string of the molecule is CCC(=O)O[C@H]1C(=O)OC2CC3C(C)=C(O)C(=O)C[C@]3(C)C3C(O)[C@H](O)[C@]4(C(=O)OC)OC[C@@]23C14. The molecule has 2 bridgehead atoms. The fourth-order valence-corrected chi connectivity index (χ4v) is 8.08. The zero-order valence-electron chi connectivity index (χ0n) is 20.0. The van der Waals surface area contributed by atoms with E-state index in [1.807, 2.05) is 0 Å². The van der Waals surface area contributed by atoms with Gasteiger partial charge < -0.3 is 34.3 Å². The van der Waals surface area contributed by atoms with Crippen LogP contribution in [0.4, 0.5) is 0 Å². The molecule has 0 aromatic rings. The van der Waals surface area contributed by atoms with Crippen LogP contribution in [0.25, 0.3) is 0 Å². The average molecular weight is 494 g/mol. The molecular formula is C24H30O11. The Kier molecular flexibility index (Phi) is 5.19. The number of rotatable bonds is 3. The summed E-state index contributed by atoms with van der Waals surface area (Å²) in [6, 6.07) is 0. The summed E-state index contributed by atoms with van der Waals surface area (Å²) >= 11 is 0. The van der Waals surface area contributed by atoms with E-state index in [0.29, 0.717) is 5.57 Å². The maximum atomic E-state index is 13.2. The molecule has 2 heterocycles. The number of ether oxygens (including phenoxy) is 4. The van der Waals surface area contributed by atoms with Crippen LogP contribution in [0.5, 0.6) is 0 Å². The number of aliphatic hydroxyl groups is 3. The molecule has 0 aromatic carbocycles. The van der Waals surface area contributed by atoms with Crippen LogP contribution < -0.4 is 0 Å². The Morgan fingerprint density at radius 1 is 1.20 bits per heavy atom. The van der Waals surface area contributed by atoms with Crippen LogP contribution in [0.1, 0.15) is 40.0 Å². The molecule has 4 fully saturated rings. The highest BCUT2D eigenvalue weighted by Crippen LogP contribution is 2.72. The zero-order valence-corrected chi connectivity index (χ0v) is 20.0. The van der Waals surface area contributed by atoms with Gasteiger partial charge in [-0.15, -0.1) is 0 Å². The summed E-state index contributed by atoms with van der Waals surface area (Å²) in [6.45, 7) is 4.76. The molecule has 0 aromatic heterocycles. The number of carbonyl (C=O) groups excluding carboxylic acids is 4. The van der Waals surface area contributed by atoms with Crippen molar-refractivity contribution in [3.05, 3.63) is 11.3 Å². The summed E-state index contributed by atoms with van der Waals surface area (Å²) in [7, 11) is 1.09. The average Bonchev–Trinajstić information content (AvgIpc) is 3.13. The number of methoxy groups -OCH3 is 1. The summed E-state index contributed by atoms with van der Waals surface area (Å²) in [4.78, 5) is 51.5. The maximum absolute atomic E-state index is 13.2. The molecular weight excluding hydrogens is 464 g/mol. The lowest BCUT2D eigenvalue weighted by Crippen LogP contribution is -2.79. The van der Waals surface area contributed by atoms with Gasteiger partial charge in [-0.1, -0.05) is 13.8 Å². The van der Waals surface area contributed by atoms with Crippen molar-refractivity contribution in [2.24, 2.45) is 28.6 Å². The smallest absolute Gasteiger partial charge is 0.348 e. The van der Waals surface area contributed by atoms with Crippen molar-refractivity contribution in [2.75, 3.05) is 13.7 Å². The standard InChI is InChI=1S/C24H30O11/c1-5-13(26)35-16-18-23-8-33-24(18,21(31)32-4)19(29)15(28)17(23)22(3)7-11(25)14(27)9(2)10(22)6-12(23)34-20(16)30/h10,12,15-19,27-29H,5-8H2,1-4H3/t10?,12?,15?,16-,17?,18?,19+,22+,23-,24-/m1/s1. The van der Waals surface area contributed by atoms with Crippen molar-refractivity contribution in [3.8, 4) is 0 Å². The molecule has 3 N–H and O–H groups in total. The van der Waals surface area contributed by atoms with Crippen LogP contribution in [0.15, 0.2) is 11.3 Å². The first-order valence-electron chi connectivity index (χ1n) is 11.8. The summed E-state index contributed by atoms with van der Waals surface area (Å²) < 4.78 is 22.3. The third kappa shape index (κ3) is 2.66. The Morgan fingerprint density at radius 3 is 2.51 bits per heavy atom. The van der Waals surface area contributed by atoms with Gasteiger partial charge in [-0.25, -0.2) is 9.59 Å². The summed E-state index contributed by atoms with van der Waals surface area (Å²) in [5, 5.41) is 33.4. The van der Waals surface area contributed by atoms with Crippen molar-refractivity contribution >= 4 is 23.7 Å². The van der Waals surface area contributed by atoms with E-state index >= 15 is 0 Å². The van der Waals surface area contributed by atoms with Crippen LogP contribution in [0, 0.1) is 28.6 Å². The molecule has 1 spiro atoms. The predicted molar refractivity (Wildman–Crippen MR) is 113 cm³/mol. The van der Waals surface area contributed by atoms with Crippen LogP contribution in [-0.4, -0.2) is 82.7 Å². The van der Waals surface area contributed by atoms with E-state index in [-0.39, 0.29) is 31.6 Å². The van der Waals surface area contributed by atoms with E-state index in [0.717, 1.165) is 7.11 Å². The van der Waals surface area contributed by atoms with Gasteiger partial charge in [-0.2, -0.15) is 0 Å². The molecule has 10 atom stereocenters. The van der Waals surface area contributed by atoms with Crippen LogP contribution >= 0.6 is 0 Å². The number of allylic oxidation sites excluding steroid dienone is 2. The van der Waals surface area contributed by atoms with Crippen LogP contribution in [-0.2, 0) is 38.1 Å². The molecule has 192 valence electrons. The normalized spacial score (nSPS) is 48.0. The van der Waals surface area contributed by atoms with E-state index < -0.39 is 82.3 Å². The molecule has 11 heteroatoms. The molecule has 2 saturated carbocycles. The molecule has 0 amide bonds. The minimum absolute atomic E-state index is 0.0504. The first-order valence-corrected chi connectivity index (χ1v) is 11.8. The van der Waals surface area contributed by atoms with Crippen molar-refractivity contribution in [2.45, 2.75) is 70.1 Å². The second kappa shape index (κ2) is 7.50. The third-order valence-electron chi connectivity index (χ3n) is 9.39. The molecule has 35 heavy (non-hydrogen) atoms. The lowest BCUT2D eigenvalue weighted by Gasteiger charge is -2.67. The Balaban J connectivity index is 1.76. The number of ketones is 1. The van der Waals surface area contributed by atoms with E-state index in [4.69, 9.17) is 18.9 Å². The van der Waals surface area contributed by atoms with Crippen molar-refractivity contribution in [1.82, 2.24) is 0 Å². The lowest BCUT2D eigenvalue weighted by molar-refractivity contribution is -0.290. The van der Waals surface area contributed by atoms with Gasteiger partial charge in [0, 0.05) is 24.2 Å². The van der Waals surface area contributed by atoms with Crippen LogP contribution in [0.3, 0.4) is 0 Å². The van der Waals surface area contributed by atoms with Gasteiger partial charge in [0.1, 0.15) is 12.2 Å². The summed E-state index contributed by atoms with van der Waals surface area (Å²) in [5.74, 6) is -6.04. The van der Waals surface area contributed by atoms with E-state index in [1.54, 1.807) is 20.8 Å². The molecule has 5 unspecified atom stereocenters. The summed E-state index contributed by atoms with van der Waals surface area (Å²) in [6.07, 6.45) is -5.89. The highest BCUT2D eigenvalue weighted by Gasteiger charge is 2.85. The molecule has 11 nitrogen and oxygen atoms in total. The lowest BCUT2D eigenvalue weighted by atomic mass is 9.38. The number of aliphatic hydroxyl groups excluding tert-OH is 3. The highest BCUT2D eigenvalue weighted by molar-refractivity contribution is 5.95. The van der Waals surface area contributed by atoms with Crippen molar-refractivity contribution < 1.29 is 53.4 Å². The van der Waals surface area contributed by atoms with Gasteiger partial charge in [0.15, 0.2) is 11.5 Å². The van der Waals surface area contributed by atoms with Gasteiger partial charge in [-0.3, -0.25) is 9.59 Å². The van der Waals surface area contributed by atoms with Gasteiger partial charge >= 0.3 is 17.9 Å². The third-order valence-corrected chi connectivity index (χ3v) is 9.39. The van der Waals surface area contributed by atoms with Gasteiger partial charge in [0.25, 0.3) is 0 Å². The minimum atomic E-state index is -2.18. The largest absolute Gasteiger partial charge is 0.504 e. The van der Waals surface area contributed by atoms with E-state index in [1.165, 1.54) is 0 Å². The quantitative estimate of drug-likeness (QED) is 0.356. The second-order valence-corrected chi connectivity index (χ2v) is 10.7.